The number of para-hydroxylation sites is 1. The van der Waals surface area contributed by atoms with Crippen molar-refractivity contribution in [2.45, 2.75) is 12.3 Å². The summed E-state index contributed by atoms with van der Waals surface area (Å²) in [6.07, 6.45) is 0.882. The van der Waals surface area contributed by atoms with Crippen LogP contribution in [0.5, 0.6) is 11.5 Å². The van der Waals surface area contributed by atoms with Gasteiger partial charge in [0.25, 0.3) is 0 Å². The number of rotatable bonds is 6. The fraction of sp³-hybridized carbons (Fsp3) is 0.294. The summed E-state index contributed by atoms with van der Waals surface area (Å²) in [5.41, 5.74) is 8.18. The Kier molecular flexibility index (Phi) is 5.02. The van der Waals surface area contributed by atoms with Gasteiger partial charge in [-0.2, -0.15) is 0 Å². The summed E-state index contributed by atoms with van der Waals surface area (Å²) in [5.74, 6) is 2.00. The molecule has 1 unspecified atom stereocenters. The molecule has 0 amide bonds. The van der Waals surface area contributed by atoms with Crippen molar-refractivity contribution >= 4 is 0 Å². The molecule has 0 aromatic heterocycles. The molecule has 0 aliphatic carbocycles. The van der Waals surface area contributed by atoms with Crippen molar-refractivity contribution in [3.8, 4) is 11.5 Å². The van der Waals surface area contributed by atoms with Crippen LogP contribution in [0.2, 0.25) is 0 Å². The minimum absolute atomic E-state index is 0.238. The summed E-state index contributed by atoms with van der Waals surface area (Å²) in [6, 6.07) is 16.2. The van der Waals surface area contributed by atoms with Crippen molar-refractivity contribution in [1.29, 1.82) is 0 Å². The second-order valence-corrected chi connectivity index (χ2v) is 4.65. The van der Waals surface area contributed by atoms with Crippen LogP contribution in [-0.4, -0.2) is 20.8 Å². The first-order chi connectivity index (χ1) is 9.80. The summed E-state index contributed by atoms with van der Waals surface area (Å²) >= 11 is 0. The molecule has 0 spiro atoms. The van der Waals surface area contributed by atoms with Crippen LogP contribution >= 0.6 is 0 Å². The molecule has 3 nitrogen and oxygen atoms in total. The number of ether oxygens (including phenoxy) is 2. The molecule has 2 aromatic carbocycles. The molecular weight excluding hydrogens is 250 g/mol. The lowest BCUT2D eigenvalue weighted by Gasteiger charge is -2.20. The van der Waals surface area contributed by atoms with Crippen molar-refractivity contribution in [3.63, 3.8) is 0 Å². The minimum atomic E-state index is 0.238. The van der Waals surface area contributed by atoms with Crippen LogP contribution in [0.15, 0.2) is 48.5 Å². The van der Waals surface area contributed by atoms with E-state index in [-0.39, 0.29) is 5.92 Å². The number of nitrogens with two attached hydrogens (primary N) is 1. The Morgan fingerprint density at radius 1 is 0.950 bits per heavy atom. The van der Waals surface area contributed by atoms with E-state index in [9.17, 15) is 0 Å². The van der Waals surface area contributed by atoms with Crippen LogP contribution in [0.1, 0.15) is 23.5 Å². The Balaban J connectivity index is 2.39. The van der Waals surface area contributed by atoms with Gasteiger partial charge in [-0.05, 0) is 36.7 Å². The fourth-order valence-corrected chi connectivity index (χ4v) is 2.46. The molecule has 0 heterocycles. The topological polar surface area (TPSA) is 44.5 Å². The van der Waals surface area contributed by atoms with E-state index in [2.05, 4.69) is 18.2 Å². The average Bonchev–Trinajstić information content (AvgIpc) is 2.53. The first-order valence-electron chi connectivity index (χ1n) is 6.77. The monoisotopic (exact) mass is 271 g/mol. The largest absolute Gasteiger partial charge is 0.497 e. The first-order valence-corrected chi connectivity index (χ1v) is 6.77. The van der Waals surface area contributed by atoms with Crippen molar-refractivity contribution in [1.82, 2.24) is 0 Å². The molecule has 0 bridgehead atoms. The van der Waals surface area contributed by atoms with E-state index in [0.717, 1.165) is 17.9 Å². The van der Waals surface area contributed by atoms with E-state index < -0.39 is 0 Å². The summed E-state index contributed by atoms with van der Waals surface area (Å²) in [7, 11) is 3.37. The van der Waals surface area contributed by atoms with Crippen molar-refractivity contribution in [2.75, 3.05) is 20.8 Å². The van der Waals surface area contributed by atoms with Gasteiger partial charge in [0.1, 0.15) is 11.5 Å². The summed E-state index contributed by atoms with van der Waals surface area (Å²) in [6.45, 7) is 0.634. The SMILES string of the molecule is COc1ccc(C(CCN)c2ccccc2OC)cc1. The van der Waals surface area contributed by atoms with E-state index in [1.165, 1.54) is 11.1 Å². The average molecular weight is 271 g/mol. The van der Waals surface area contributed by atoms with Crippen molar-refractivity contribution < 1.29 is 9.47 Å². The van der Waals surface area contributed by atoms with Crippen molar-refractivity contribution in [3.05, 3.63) is 59.7 Å². The van der Waals surface area contributed by atoms with Gasteiger partial charge in [-0.3, -0.25) is 0 Å². The zero-order valence-electron chi connectivity index (χ0n) is 12.0. The molecule has 106 valence electrons. The minimum Gasteiger partial charge on any atom is -0.497 e. The maximum atomic E-state index is 5.79. The highest BCUT2D eigenvalue weighted by molar-refractivity contribution is 5.43. The van der Waals surface area contributed by atoms with Gasteiger partial charge in [-0.1, -0.05) is 30.3 Å². The van der Waals surface area contributed by atoms with E-state index in [1.54, 1.807) is 14.2 Å². The molecule has 3 heteroatoms. The third-order valence-electron chi connectivity index (χ3n) is 3.49. The number of hydrogen-bond donors (Lipinski definition) is 1. The molecule has 1 atom stereocenters. The van der Waals surface area contributed by atoms with Crippen molar-refractivity contribution in [2.24, 2.45) is 5.73 Å². The molecule has 0 radical (unpaired) electrons. The Labute approximate surface area is 120 Å². The van der Waals surface area contributed by atoms with E-state index >= 15 is 0 Å². The standard InChI is InChI=1S/C17H21NO2/c1-19-14-9-7-13(8-10-14)15(11-12-18)16-5-3-4-6-17(16)20-2/h3-10,15H,11-12,18H2,1-2H3. The molecule has 20 heavy (non-hydrogen) atoms. The maximum absolute atomic E-state index is 5.79. The quantitative estimate of drug-likeness (QED) is 0.877. The van der Waals surface area contributed by atoms with Gasteiger partial charge in [0, 0.05) is 11.5 Å². The molecule has 0 fully saturated rings. The fourth-order valence-electron chi connectivity index (χ4n) is 2.46. The third kappa shape index (κ3) is 3.11. The Hall–Kier alpha value is -2.00. The number of hydrogen-bond acceptors (Lipinski definition) is 3. The lowest BCUT2D eigenvalue weighted by Crippen LogP contribution is -2.10. The summed E-state index contributed by atoms with van der Waals surface area (Å²) in [5, 5.41) is 0. The van der Waals surface area contributed by atoms with Gasteiger partial charge in [-0.25, -0.2) is 0 Å². The Bertz CT molecular complexity index is 537. The van der Waals surface area contributed by atoms with Gasteiger partial charge in [0.15, 0.2) is 0 Å². The number of benzene rings is 2. The van der Waals surface area contributed by atoms with E-state index in [4.69, 9.17) is 15.2 Å². The zero-order chi connectivity index (χ0) is 14.4. The molecule has 2 N–H and O–H groups in total. The molecule has 2 rings (SSSR count). The van der Waals surface area contributed by atoms with Crippen LogP contribution < -0.4 is 15.2 Å². The maximum Gasteiger partial charge on any atom is 0.122 e. The molecule has 0 aliphatic heterocycles. The van der Waals surface area contributed by atoms with Gasteiger partial charge in [0.2, 0.25) is 0 Å². The molecule has 2 aromatic rings. The van der Waals surface area contributed by atoms with Crippen LogP contribution in [0.3, 0.4) is 0 Å². The predicted molar refractivity (Wildman–Crippen MR) is 81.5 cm³/mol. The second-order valence-electron chi connectivity index (χ2n) is 4.65. The highest BCUT2D eigenvalue weighted by Gasteiger charge is 2.17. The number of methoxy groups -OCH3 is 2. The van der Waals surface area contributed by atoms with Crippen LogP contribution in [0, 0.1) is 0 Å². The summed E-state index contributed by atoms with van der Waals surface area (Å²) < 4.78 is 10.7. The van der Waals surface area contributed by atoms with Gasteiger partial charge in [0.05, 0.1) is 14.2 Å². The normalized spacial score (nSPS) is 11.9. The van der Waals surface area contributed by atoms with Gasteiger partial charge >= 0.3 is 0 Å². The molecule has 0 aliphatic rings. The van der Waals surface area contributed by atoms with Gasteiger partial charge in [-0.15, -0.1) is 0 Å². The Morgan fingerprint density at radius 3 is 2.25 bits per heavy atom. The van der Waals surface area contributed by atoms with Crippen LogP contribution in [0.4, 0.5) is 0 Å². The molecular formula is C17H21NO2. The van der Waals surface area contributed by atoms with Gasteiger partial charge < -0.3 is 15.2 Å². The molecule has 0 saturated carbocycles. The lowest BCUT2D eigenvalue weighted by atomic mass is 9.88. The highest BCUT2D eigenvalue weighted by Crippen LogP contribution is 2.34. The van der Waals surface area contributed by atoms with E-state index in [1.807, 2.05) is 30.3 Å². The molecule has 0 saturated heterocycles. The smallest absolute Gasteiger partial charge is 0.122 e. The summed E-state index contributed by atoms with van der Waals surface area (Å²) in [4.78, 5) is 0. The predicted octanol–water partition coefficient (Wildman–Crippen LogP) is 3.18. The first kappa shape index (κ1) is 14.4. The lowest BCUT2D eigenvalue weighted by molar-refractivity contribution is 0.406. The third-order valence-corrected chi connectivity index (χ3v) is 3.49. The second kappa shape index (κ2) is 6.96. The van der Waals surface area contributed by atoms with Crippen LogP contribution in [0.25, 0.3) is 0 Å². The highest BCUT2D eigenvalue weighted by atomic mass is 16.5. The zero-order valence-corrected chi connectivity index (χ0v) is 12.0. The Morgan fingerprint density at radius 2 is 1.65 bits per heavy atom. The van der Waals surface area contributed by atoms with E-state index in [0.29, 0.717) is 6.54 Å². The van der Waals surface area contributed by atoms with Crippen LogP contribution in [-0.2, 0) is 0 Å².